The largest absolute Gasteiger partial charge is 0.369 e. The summed E-state index contributed by atoms with van der Waals surface area (Å²) in [5.74, 6) is -0.451. The lowest BCUT2D eigenvalue weighted by Gasteiger charge is -2.38. The van der Waals surface area contributed by atoms with Crippen molar-refractivity contribution < 1.29 is 9.63 Å². The van der Waals surface area contributed by atoms with E-state index in [1.54, 1.807) is 24.7 Å². The quantitative estimate of drug-likeness (QED) is 0.622. The minimum Gasteiger partial charge on any atom is -0.369 e. The molecule has 1 fully saturated rings. The summed E-state index contributed by atoms with van der Waals surface area (Å²) in [6.07, 6.45) is 4.92. The fraction of sp³-hybridized carbons (Fsp3) is 0.320. The number of nitrogens with one attached hydrogen (secondary N) is 2. The molecule has 4 rings (SSSR count). The molecule has 2 aromatic heterocycles. The van der Waals surface area contributed by atoms with Gasteiger partial charge < -0.3 is 15.2 Å². The average molecular weight is 448 g/mol. The van der Waals surface area contributed by atoms with E-state index in [0.29, 0.717) is 5.69 Å². The number of anilines is 2. The monoisotopic (exact) mass is 447 g/mol. The number of H-pyrrole nitrogens is 1. The Morgan fingerprint density at radius 3 is 2.30 bits per heavy atom. The molecule has 33 heavy (non-hydrogen) atoms. The summed E-state index contributed by atoms with van der Waals surface area (Å²) in [6.45, 7) is 9.53. The molecule has 0 spiro atoms. The van der Waals surface area contributed by atoms with Crippen LogP contribution < -0.4 is 15.8 Å². The first kappa shape index (κ1) is 22.7. The van der Waals surface area contributed by atoms with E-state index in [9.17, 15) is 9.59 Å². The first-order chi connectivity index (χ1) is 15.8. The maximum atomic E-state index is 12.8. The SMILES string of the molecule is CC(C)(C)ON1CCN(c2ccc(NC(=O)c3cc(-c4ccncc4)c[nH]c3=O)cc2)CC1. The normalized spacial score (nSPS) is 14.8. The molecule has 2 N–H and O–H groups in total. The minimum atomic E-state index is -0.451. The van der Waals surface area contributed by atoms with Gasteiger partial charge in [-0.1, -0.05) is 0 Å². The summed E-state index contributed by atoms with van der Waals surface area (Å²) >= 11 is 0. The van der Waals surface area contributed by atoms with Crippen LogP contribution in [0.25, 0.3) is 11.1 Å². The molecule has 8 heteroatoms. The number of hydrogen-bond acceptors (Lipinski definition) is 6. The van der Waals surface area contributed by atoms with Crippen molar-refractivity contribution in [2.75, 3.05) is 36.4 Å². The average Bonchev–Trinajstić information content (AvgIpc) is 2.80. The van der Waals surface area contributed by atoms with Crippen molar-refractivity contribution in [3.8, 4) is 11.1 Å². The van der Waals surface area contributed by atoms with Gasteiger partial charge in [-0.25, -0.2) is 0 Å². The summed E-state index contributed by atoms with van der Waals surface area (Å²) in [6, 6.07) is 12.9. The van der Waals surface area contributed by atoms with E-state index in [4.69, 9.17) is 4.84 Å². The topological polar surface area (TPSA) is 90.6 Å². The number of benzene rings is 1. The van der Waals surface area contributed by atoms with Crippen LogP contribution in [0.4, 0.5) is 11.4 Å². The van der Waals surface area contributed by atoms with Gasteiger partial charge >= 0.3 is 0 Å². The van der Waals surface area contributed by atoms with E-state index < -0.39 is 11.5 Å². The molecule has 0 saturated carbocycles. The van der Waals surface area contributed by atoms with Crippen LogP contribution in [-0.4, -0.2) is 52.7 Å². The number of nitrogens with zero attached hydrogens (tertiary/aromatic N) is 3. The molecule has 0 radical (unpaired) electrons. The molecule has 0 aliphatic carbocycles. The molecular formula is C25H29N5O3. The van der Waals surface area contributed by atoms with Crippen LogP contribution in [0.15, 0.2) is 65.8 Å². The molecule has 8 nitrogen and oxygen atoms in total. The highest BCUT2D eigenvalue weighted by Crippen LogP contribution is 2.22. The van der Waals surface area contributed by atoms with Gasteiger partial charge in [0.2, 0.25) is 0 Å². The predicted octanol–water partition coefficient (Wildman–Crippen LogP) is 3.54. The smallest absolute Gasteiger partial charge is 0.261 e. The molecule has 0 bridgehead atoms. The Morgan fingerprint density at radius 1 is 1.00 bits per heavy atom. The number of rotatable bonds is 5. The van der Waals surface area contributed by atoms with E-state index in [0.717, 1.165) is 43.0 Å². The highest BCUT2D eigenvalue weighted by Gasteiger charge is 2.22. The van der Waals surface area contributed by atoms with E-state index in [2.05, 4.69) is 41.0 Å². The first-order valence-electron chi connectivity index (χ1n) is 11.0. The van der Waals surface area contributed by atoms with Gasteiger partial charge in [0, 0.05) is 56.1 Å². The summed E-state index contributed by atoms with van der Waals surface area (Å²) in [5.41, 5.74) is 2.76. The molecule has 0 atom stereocenters. The zero-order valence-electron chi connectivity index (χ0n) is 19.2. The van der Waals surface area contributed by atoms with Gasteiger partial charge in [0.15, 0.2) is 0 Å². The maximum Gasteiger partial charge on any atom is 0.261 e. The Kier molecular flexibility index (Phi) is 6.57. The second-order valence-corrected chi connectivity index (χ2v) is 8.99. The molecular weight excluding hydrogens is 418 g/mol. The van der Waals surface area contributed by atoms with Crippen molar-refractivity contribution >= 4 is 17.3 Å². The number of hydroxylamine groups is 2. The third-order valence-electron chi connectivity index (χ3n) is 5.29. The van der Waals surface area contributed by atoms with Gasteiger partial charge in [-0.3, -0.25) is 19.4 Å². The Morgan fingerprint density at radius 2 is 1.67 bits per heavy atom. The number of aromatic nitrogens is 2. The second kappa shape index (κ2) is 9.56. The molecule has 1 aromatic carbocycles. The third-order valence-corrected chi connectivity index (χ3v) is 5.29. The highest BCUT2D eigenvalue weighted by atomic mass is 16.7. The molecule has 3 aromatic rings. The summed E-state index contributed by atoms with van der Waals surface area (Å²) in [5, 5.41) is 4.84. The zero-order valence-corrected chi connectivity index (χ0v) is 19.2. The van der Waals surface area contributed by atoms with E-state index in [1.807, 2.05) is 41.5 Å². The lowest BCUT2D eigenvalue weighted by atomic mass is 10.1. The number of carbonyl (C=O) groups is 1. The van der Waals surface area contributed by atoms with Gasteiger partial charge in [0.05, 0.1) is 5.60 Å². The minimum absolute atomic E-state index is 0.0587. The van der Waals surface area contributed by atoms with Crippen molar-refractivity contribution in [3.63, 3.8) is 0 Å². The summed E-state index contributed by atoms with van der Waals surface area (Å²) in [4.78, 5) is 39.9. The van der Waals surface area contributed by atoms with Gasteiger partial charge in [-0.2, -0.15) is 5.06 Å². The van der Waals surface area contributed by atoms with E-state index >= 15 is 0 Å². The van der Waals surface area contributed by atoms with Gasteiger partial charge in [-0.05, 0) is 74.4 Å². The first-order valence-corrected chi connectivity index (χ1v) is 11.0. The molecule has 1 amide bonds. The summed E-state index contributed by atoms with van der Waals surface area (Å²) in [7, 11) is 0. The number of piperazine rings is 1. The molecule has 1 aliphatic rings. The van der Waals surface area contributed by atoms with Crippen LogP contribution in [0.2, 0.25) is 0 Å². The lowest BCUT2D eigenvalue weighted by Crippen LogP contribution is -2.48. The lowest BCUT2D eigenvalue weighted by molar-refractivity contribution is -0.230. The number of aromatic amines is 1. The van der Waals surface area contributed by atoms with Crippen molar-refractivity contribution in [3.05, 3.63) is 77.0 Å². The fourth-order valence-electron chi connectivity index (χ4n) is 3.74. The van der Waals surface area contributed by atoms with Gasteiger partial charge in [-0.15, -0.1) is 0 Å². The van der Waals surface area contributed by atoms with Gasteiger partial charge in [0.1, 0.15) is 5.56 Å². The van der Waals surface area contributed by atoms with Crippen LogP contribution >= 0.6 is 0 Å². The highest BCUT2D eigenvalue weighted by molar-refractivity contribution is 6.04. The van der Waals surface area contributed by atoms with Crippen molar-refractivity contribution in [1.29, 1.82) is 0 Å². The molecule has 1 saturated heterocycles. The Hall–Kier alpha value is -3.49. The molecule has 172 valence electrons. The van der Waals surface area contributed by atoms with E-state index in [-0.39, 0.29) is 11.2 Å². The number of carbonyl (C=O) groups excluding carboxylic acids is 1. The number of hydrogen-bond donors (Lipinski definition) is 2. The standard InChI is InChI=1S/C25H29N5O3/c1-25(2,3)33-30-14-12-29(13-15-30)21-6-4-20(5-7-21)28-24(32)22-16-19(17-27-23(22)31)18-8-10-26-11-9-18/h4-11,16-17H,12-15H2,1-3H3,(H,27,31)(H,28,32). The molecule has 0 unspecified atom stereocenters. The van der Waals surface area contributed by atoms with Gasteiger partial charge in [0.25, 0.3) is 11.5 Å². The fourth-order valence-corrected chi connectivity index (χ4v) is 3.74. The zero-order chi connectivity index (χ0) is 23.4. The Balaban J connectivity index is 1.40. The van der Waals surface area contributed by atoms with Crippen molar-refractivity contribution in [2.24, 2.45) is 0 Å². The van der Waals surface area contributed by atoms with Crippen LogP contribution in [0.1, 0.15) is 31.1 Å². The van der Waals surface area contributed by atoms with Crippen molar-refractivity contribution in [2.45, 2.75) is 26.4 Å². The Labute approximate surface area is 193 Å². The van der Waals surface area contributed by atoms with Crippen LogP contribution in [0.5, 0.6) is 0 Å². The molecule has 1 aliphatic heterocycles. The molecule has 3 heterocycles. The number of amides is 1. The maximum absolute atomic E-state index is 12.8. The third kappa shape index (κ3) is 5.85. The van der Waals surface area contributed by atoms with Crippen molar-refractivity contribution in [1.82, 2.24) is 15.0 Å². The second-order valence-electron chi connectivity index (χ2n) is 8.99. The van der Waals surface area contributed by atoms with Crippen LogP contribution in [0, 0.1) is 0 Å². The Bertz CT molecular complexity index is 1150. The summed E-state index contributed by atoms with van der Waals surface area (Å²) < 4.78 is 0. The van der Waals surface area contributed by atoms with Crippen LogP contribution in [-0.2, 0) is 4.84 Å². The number of pyridine rings is 2. The van der Waals surface area contributed by atoms with Crippen LogP contribution in [0.3, 0.4) is 0 Å². The predicted molar refractivity (Wildman–Crippen MR) is 129 cm³/mol. The van der Waals surface area contributed by atoms with E-state index in [1.165, 1.54) is 0 Å².